The highest BCUT2D eigenvalue weighted by Gasteiger charge is 2.36. The second-order valence-corrected chi connectivity index (χ2v) is 5.27. The van der Waals surface area contributed by atoms with Gasteiger partial charge >= 0.3 is 0 Å². The van der Waals surface area contributed by atoms with Crippen LogP contribution in [-0.4, -0.2) is 12.0 Å². The molecule has 2 rings (SSSR count). The highest BCUT2D eigenvalue weighted by Crippen LogP contribution is 2.37. The Bertz CT molecular complexity index is 437. The normalized spacial score (nSPS) is 21.3. The van der Waals surface area contributed by atoms with Crippen molar-refractivity contribution in [1.29, 1.82) is 0 Å². The lowest BCUT2D eigenvalue weighted by molar-refractivity contribution is -0.0481. The maximum absolute atomic E-state index is 13.5. The molecule has 0 amide bonds. The Kier molecular flexibility index (Phi) is 4.13. The van der Waals surface area contributed by atoms with Gasteiger partial charge in [-0.25, -0.2) is 17.6 Å². The van der Waals surface area contributed by atoms with Crippen LogP contribution in [0.15, 0.2) is 18.2 Å². The van der Waals surface area contributed by atoms with Gasteiger partial charge in [0.05, 0.1) is 0 Å². The Morgan fingerprint density at radius 1 is 1.21 bits per heavy atom. The maximum atomic E-state index is 13.5. The molecule has 0 bridgehead atoms. The first-order chi connectivity index (χ1) is 8.89. The fraction of sp³-hybridized carbons (Fsp3) is 0.571. The smallest absolute Gasteiger partial charge is 0.248 e. The number of nitrogens with two attached hydrogens (primary N) is 1. The summed E-state index contributed by atoms with van der Waals surface area (Å²) in [5, 5.41) is 0. The summed E-state index contributed by atoms with van der Waals surface area (Å²) in [7, 11) is 0. The lowest BCUT2D eigenvalue weighted by atomic mass is 9.80. The minimum absolute atomic E-state index is 0.0534. The topological polar surface area (TPSA) is 26.0 Å². The Morgan fingerprint density at radius 2 is 1.84 bits per heavy atom. The Labute approximate surface area is 109 Å². The first kappa shape index (κ1) is 14.3. The van der Waals surface area contributed by atoms with E-state index in [0.29, 0.717) is 12.8 Å². The molecule has 1 aliphatic rings. The molecule has 0 aromatic heterocycles. The molecule has 5 heteroatoms. The minimum atomic E-state index is -2.60. The molecule has 1 aromatic rings. The van der Waals surface area contributed by atoms with Crippen molar-refractivity contribution >= 4 is 0 Å². The second-order valence-electron chi connectivity index (χ2n) is 5.27. The van der Waals surface area contributed by atoms with Crippen molar-refractivity contribution in [3.8, 4) is 0 Å². The third kappa shape index (κ3) is 3.47. The van der Waals surface area contributed by atoms with E-state index in [0.717, 1.165) is 6.07 Å². The highest BCUT2D eigenvalue weighted by molar-refractivity contribution is 5.20. The van der Waals surface area contributed by atoms with Crippen molar-refractivity contribution < 1.29 is 17.6 Å². The van der Waals surface area contributed by atoms with Crippen LogP contribution < -0.4 is 5.73 Å². The summed E-state index contributed by atoms with van der Waals surface area (Å²) in [6.45, 7) is 0. The number of halogens is 4. The van der Waals surface area contributed by atoms with E-state index in [1.165, 1.54) is 12.1 Å². The highest BCUT2D eigenvalue weighted by atomic mass is 19.3. The summed E-state index contributed by atoms with van der Waals surface area (Å²) in [5.41, 5.74) is 6.17. The van der Waals surface area contributed by atoms with Gasteiger partial charge in [-0.2, -0.15) is 0 Å². The molecule has 1 unspecified atom stereocenters. The molecule has 0 heterocycles. The summed E-state index contributed by atoms with van der Waals surface area (Å²) >= 11 is 0. The van der Waals surface area contributed by atoms with E-state index in [4.69, 9.17) is 5.73 Å². The van der Waals surface area contributed by atoms with Crippen LogP contribution in [0.2, 0.25) is 0 Å². The lowest BCUT2D eigenvalue weighted by Crippen LogP contribution is -2.37. The molecule has 1 nitrogen and oxygen atoms in total. The van der Waals surface area contributed by atoms with Crippen molar-refractivity contribution in [1.82, 2.24) is 0 Å². The van der Waals surface area contributed by atoms with Gasteiger partial charge in [-0.3, -0.25) is 0 Å². The molecule has 1 fully saturated rings. The van der Waals surface area contributed by atoms with Crippen molar-refractivity contribution in [2.45, 2.75) is 44.1 Å². The maximum Gasteiger partial charge on any atom is 0.248 e. The average molecular weight is 275 g/mol. The van der Waals surface area contributed by atoms with E-state index >= 15 is 0 Å². The molecule has 0 aliphatic heterocycles. The summed E-state index contributed by atoms with van der Waals surface area (Å²) in [6.07, 6.45) is 0.518. The third-order valence-corrected chi connectivity index (χ3v) is 3.85. The monoisotopic (exact) mass is 275 g/mol. The molecule has 0 saturated heterocycles. The van der Waals surface area contributed by atoms with Gasteiger partial charge in [0.25, 0.3) is 0 Å². The van der Waals surface area contributed by atoms with E-state index < -0.39 is 23.6 Å². The van der Waals surface area contributed by atoms with Crippen molar-refractivity contribution in [2.24, 2.45) is 11.7 Å². The zero-order valence-corrected chi connectivity index (χ0v) is 10.5. The van der Waals surface area contributed by atoms with Crippen LogP contribution >= 0.6 is 0 Å². The average Bonchev–Trinajstić information content (AvgIpc) is 2.35. The lowest BCUT2D eigenvalue weighted by Gasteiger charge is -2.32. The van der Waals surface area contributed by atoms with Crippen LogP contribution in [0.1, 0.15) is 31.2 Å². The van der Waals surface area contributed by atoms with E-state index in [2.05, 4.69) is 0 Å². The summed E-state index contributed by atoms with van der Waals surface area (Å²) in [4.78, 5) is 0. The molecule has 1 aliphatic carbocycles. The fourth-order valence-corrected chi connectivity index (χ4v) is 2.62. The molecule has 0 spiro atoms. The SMILES string of the molecule is NC(Cc1cccc(F)c1F)C1CCC(F)(F)CC1. The molecule has 106 valence electrons. The van der Waals surface area contributed by atoms with E-state index in [1.54, 1.807) is 0 Å². The van der Waals surface area contributed by atoms with Crippen molar-refractivity contribution in [2.75, 3.05) is 0 Å². The molecule has 1 atom stereocenters. The van der Waals surface area contributed by atoms with Gasteiger partial charge in [0, 0.05) is 18.9 Å². The molecular formula is C14H17F4N. The summed E-state index contributed by atoms with van der Waals surface area (Å²) in [6, 6.07) is 3.55. The van der Waals surface area contributed by atoms with Gasteiger partial charge in [-0.05, 0) is 36.8 Å². The first-order valence-electron chi connectivity index (χ1n) is 6.45. The molecule has 2 N–H and O–H groups in total. The van der Waals surface area contributed by atoms with Crippen LogP contribution in [-0.2, 0) is 6.42 Å². The van der Waals surface area contributed by atoms with Crippen LogP contribution in [0.3, 0.4) is 0 Å². The van der Waals surface area contributed by atoms with E-state index in [-0.39, 0.29) is 30.7 Å². The van der Waals surface area contributed by atoms with Crippen LogP contribution in [0, 0.1) is 17.6 Å². The zero-order valence-electron chi connectivity index (χ0n) is 10.5. The Morgan fingerprint density at radius 3 is 2.47 bits per heavy atom. The number of hydrogen-bond acceptors (Lipinski definition) is 1. The quantitative estimate of drug-likeness (QED) is 0.837. The van der Waals surface area contributed by atoms with Gasteiger partial charge < -0.3 is 5.73 Å². The zero-order chi connectivity index (χ0) is 14.0. The largest absolute Gasteiger partial charge is 0.327 e. The molecule has 1 aromatic carbocycles. The number of alkyl halides is 2. The molecule has 19 heavy (non-hydrogen) atoms. The second kappa shape index (κ2) is 5.49. The van der Waals surface area contributed by atoms with Gasteiger partial charge in [-0.15, -0.1) is 0 Å². The van der Waals surface area contributed by atoms with Gasteiger partial charge in [0.1, 0.15) is 0 Å². The molecular weight excluding hydrogens is 258 g/mol. The predicted molar refractivity (Wildman–Crippen MR) is 64.9 cm³/mol. The fourth-order valence-electron chi connectivity index (χ4n) is 2.62. The Balaban J connectivity index is 1.98. The van der Waals surface area contributed by atoms with Gasteiger partial charge in [0.15, 0.2) is 11.6 Å². The van der Waals surface area contributed by atoms with Gasteiger partial charge in [-0.1, -0.05) is 12.1 Å². The van der Waals surface area contributed by atoms with Crippen LogP contribution in [0.4, 0.5) is 17.6 Å². The third-order valence-electron chi connectivity index (χ3n) is 3.85. The van der Waals surface area contributed by atoms with Gasteiger partial charge in [0.2, 0.25) is 5.92 Å². The summed E-state index contributed by atoms with van der Waals surface area (Å²) in [5.74, 6) is -4.44. The summed E-state index contributed by atoms with van der Waals surface area (Å²) < 4.78 is 52.6. The number of rotatable bonds is 3. The number of hydrogen-bond donors (Lipinski definition) is 1. The van der Waals surface area contributed by atoms with Crippen molar-refractivity contribution in [3.05, 3.63) is 35.4 Å². The van der Waals surface area contributed by atoms with E-state index in [9.17, 15) is 17.6 Å². The first-order valence-corrected chi connectivity index (χ1v) is 6.45. The molecule has 1 saturated carbocycles. The van der Waals surface area contributed by atoms with Crippen molar-refractivity contribution in [3.63, 3.8) is 0 Å². The van der Waals surface area contributed by atoms with E-state index in [1.807, 2.05) is 0 Å². The van der Waals surface area contributed by atoms with Crippen LogP contribution in [0.25, 0.3) is 0 Å². The minimum Gasteiger partial charge on any atom is -0.327 e. The van der Waals surface area contributed by atoms with Crippen LogP contribution in [0.5, 0.6) is 0 Å². The number of benzene rings is 1. The Hall–Kier alpha value is -1.10. The predicted octanol–water partition coefficient (Wildman–Crippen LogP) is 3.66. The standard InChI is InChI=1S/C14H17F4N/c15-11-3-1-2-10(13(11)16)8-12(19)9-4-6-14(17,18)7-5-9/h1-3,9,12H,4-8,19H2. The molecule has 0 radical (unpaired) electrons.